The lowest BCUT2D eigenvalue weighted by Gasteiger charge is -2.04. The Morgan fingerprint density at radius 3 is 2.63 bits per heavy atom. The number of hydrogen-bond donors (Lipinski definition) is 3. The van der Waals surface area contributed by atoms with Crippen LogP contribution in [0, 0.1) is 0 Å². The molecule has 1 aliphatic rings. The first kappa shape index (κ1) is 13.9. The molecule has 0 aromatic carbocycles. The van der Waals surface area contributed by atoms with Crippen LogP contribution in [0.2, 0.25) is 0 Å². The third kappa shape index (κ3) is 3.07. The van der Waals surface area contributed by atoms with Gasteiger partial charge in [-0.2, -0.15) is 5.10 Å². The first-order valence-corrected chi connectivity index (χ1v) is 7.02. The molecule has 1 saturated carbocycles. The number of aromatic nitrogens is 2. The number of hydrogen-bond acceptors (Lipinski definition) is 4. The lowest BCUT2D eigenvalue weighted by Crippen LogP contribution is -2.30. The van der Waals surface area contributed by atoms with E-state index in [1.165, 1.54) is 0 Å². The highest BCUT2D eigenvalue weighted by molar-refractivity contribution is 7.89. The number of amides is 1. The Kier molecular flexibility index (Phi) is 3.54. The number of sulfonamides is 1. The van der Waals surface area contributed by atoms with Crippen LogP contribution in [0.4, 0.5) is 8.78 Å². The molecule has 10 heteroatoms. The van der Waals surface area contributed by atoms with Crippen LogP contribution in [0.3, 0.4) is 0 Å². The number of nitrogens with zero attached hydrogens (tertiary/aromatic N) is 1. The van der Waals surface area contributed by atoms with Gasteiger partial charge in [0.15, 0.2) is 5.69 Å². The zero-order chi connectivity index (χ0) is 14.2. The number of nitrogens with one attached hydrogen (secondary N) is 2. The van der Waals surface area contributed by atoms with E-state index in [0.717, 1.165) is 12.8 Å². The van der Waals surface area contributed by atoms with E-state index in [0.29, 0.717) is 0 Å². The molecular weight excluding hydrogens is 282 g/mol. The lowest BCUT2D eigenvalue weighted by atomic mass is 10.2. The zero-order valence-corrected chi connectivity index (χ0v) is 10.5. The maximum Gasteiger partial charge on any atom is 0.273 e. The molecule has 0 aliphatic heterocycles. The van der Waals surface area contributed by atoms with Crippen LogP contribution in [0.25, 0.3) is 0 Å². The molecule has 106 valence electrons. The summed E-state index contributed by atoms with van der Waals surface area (Å²) in [5.74, 6) is -1.02. The molecule has 0 spiro atoms. The van der Waals surface area contributed by atoms with Gasteiger partial charge in [0.25, 0.3) is 12.3 Å². The molecule has 2 rings (SSSR count). The van der Waals surface area contributed by atoms with Crippen LogP contribution in [0.1, 0.15) is 34.9 Å². The summed E-state index contributed by atoms with van der Waals surface area (Å²) in [6, 6.07) is 0. The molecule has 0 saturated heterocycles. The van der Waals surface area contributed by atoms with E-state index in [9.17, 15) is 22.0 Å². The average Bonchev–Trinajstić information content (AvgIpc) is 3.03. The van der Waals surface area contributed by atoms with Gasteiger partial charge >= 0.3 is 0 Å². The summed E-state index contributed by atoms with van der Waals surface area (Å²) in [6.45, 7) is -0.880. The second-order valence-electron chi connectivity index (χ2n) is 4.24. The fourth-order valence-electron chi connectivity index (χ4n) is 1.69. The highest BCUT2D eigenvalue weighted by Crippen LogP contribution is 2.42. The van der Waals surface area contributed by atoms with E-state index in [2.05, 4.69) is 10.2 Å². The third-order valence-electron chi connectivity index (χ3n) is 2.65. The average molecular weight is 294 g/mol. The Morgan fingerprint density at radius 1 is 1.53 bits per heavy atom. The van der Waals surface area contributed by atoms with Crippen molar-refractivity contribution in [2.24, 2.45) is 5.14 Å². The Labute approximate surface area is 107 Å². The second-order valence-corrected chi connectivity index (χ2v) is 5.73. The Hall–Kier alpha value is -1.55. The van der Waals surface area contributed by atoms with Crippen molar-refractivity contribution in [1.29, 1.82) is 0 Å². The van der Waals surface area contributed by atoms with Crippen molar-refractivity contribution in [3.05, 3.63) is 11.4 Å². The number of halogens is 2. The topological polar surface area (TPSA) is 118 Å². The van der Waals surface area contributed by atoms with Gasteiger partial charge in [0.05, 0.1) is 12.2 Å². The molecule has 0 unspecified atom stereocenters. The van der Waals surface area contributed by atoms with Crippen LogP contribution in [-0.2, 0) is 10.0 Å². The smallest absolute Gasteiger partial charge is 0.273 e. The molecular formula is C9H12F2N4O3S. The monoisotopic (exact) mass is 294 g/mol. The molecule has 1 aromatic rings. The molecule has 1 amide bonds. The number of carbonyl (C=O) groups is 1. The highest BCUT2D eigenvalue weighted by Gasteiger charge is 2.35. The van der Waals surface area contributed by atoms with Gasteiger partial charge in [0, 0.05) is 5.92 Å². The fraction of sp³-hybridized carbons (Fsp3) is 0.556. The Bertz CT molecular complexity index is 595. The minimum atomic E-state index is -4.15. The quantitative estimate of drug-likeness (QED) is 0.704. The summed E-state index contributed by atoms with van der Waals surface area (Å²) in [5.41, 5.74) is -0.199. The van der Waals surface area contributed by atoms with Crippen LogP contribution < -0.4 is 10.5 Å². The number of H-pyrrole nitrogens is 1. The van der Waals surface area contributed by atoms with Crippen molar-refractivity contribution in [3.8, 4) is 0 Å². The minimum Gasteiger partial charge on any atom is -0.345 e. The summed E-state index contributed by atoms with van der Waals surface area (Å²) in [4.78, 5) is 11.2. The second kappa shape index (κ2) is 4.85. The summed E-state index contributed by atoms with van der Waals surface area (Å²) in [7, 11) is -4.15. The lowest BCUT2D eigenvalue weighted by molar-refractivity contribution is 0.0883. The van der Waals surface area contributed by atoms with Crippen molar-refractivity contribution < 1.29 is 22.0 Å². The Balaban J connectivity index is 2.32. The van der Waals surface area contributed by atoms with E-state index < -0.39 is 39.5 Å². The van der Waals surface area contributed by atoms with E-state index in [1.54, 1.807) is 0 Å². The van der Waals surface area contributed by atoms with Gasteiger partial charge in [-0.25, -0.2) is 22.3 Å². The Morgan fingerprint density at radius 2 is 2.16 bits per heavy atom. The number of nitrogens with two attached hydrogens (primary N) is 1. The van der Waals surface area contributed by atoms with Gasteiger partial charge in [-0.3, -0.25) is 9.89 Å². The summed E-state index contributed by atoms with van der Waals surface area (Å²) < 4.78 is 47.0. The molecule has 0 bridgehead atoms. The van der Waals surface area contributed by atoms with Crippen LogP contribution in [0.15, 0.2) is 4.90 Å². The van der Waals surface area contributed by atoms with E-state index in [4.69, 9.17) is 5.14 Å². The largest absolute Gasteiger partial charge is 0.345 e. The number of rotatable bonds is 5. The number of carbonyl (C=O) groups excluding carboxylic acids is 1. The summed E-state index contributed by atoms with van der Waals surface area (Å²) in [6.07, 6.45) is -1.20. The van der Waals surface area contributed by atoms with E-state index >= 15 is 0 Å². The normalized spacial score (nSPS) is 15.8. The molecule has 1 fully saturated rings. The van der Waals surface area contributed by atoms with Crippen LogP contribution in [0.5, 0.6) is 0 Å². The third-order valence-corrected chi connectivity index (χ3v) is 3.63. The number of alkyl halides is 2. The summed E-state index contributed by atoms with van der Waals surface area (Å²) in [5, 5.41) is 13.0. The maximum absolute atomic E-state index is 12.0. The van der Waals surface area contributed by atoms with Crippen LogP contribution >= 0.6 is 0 Å². The van der Waals surface area contributed by atoms with Gasteiger partial charge in [-0.1, -0.05) is 0 Å². The van der Waals surface area contributed by atoms with Gasteiger partial charge < -0.3 is 5.32 Å². The molecule has 4 N–H and O–H groups in total. The van der Waals surface area contributed by atoms with E-state index in [-0.39, 0.29) is 11.6 Å². The predicted molar refractivity (Wildman–Crippen MR) is 60.3 cm³/mol. The fourth-order valence-corrected chi connectivity index (χ4v) is 2.62. The molecule has 7 nitrogen and oxygen atoms in total. The predicted octanol–water partition coefficient (Wildman–Crippen LogP) is -0.0706. The SMILES string of the molecule is NS(=O)(=O)c1c(C(=O)NCC(F)F)n[nH]c1C1CC1. The first-order chi connectivity index (χ1) is 8.80. The van der Waals surface area contributed by atoms with Crippen molar-refractivity contribution in [1.82, 2.24) is 15.5 Å². The van der Waals surface area contributed by atoms with E-state index in [1.807, 2.05) is 5.32 Å². The first-order valence-electron chi connectivity index (χ1n) is 5.48. The molecule has 1 aromatic heterocycles. The maximum atomic E-state index is 12.0. The van der Waals surface area contributed by atoms with Crippen LogP contribution in [-0.4, -0.2) is 37.5 Å². The van der Waals surface area contributed by atoms with Gasteiger partial charge in [0.2, 0.25) is 10.0 Å². The zero-order valence-electron chi connectivity index (χ0n) is 9.69. The van der Waals surface area contributed by atoms with Gasteiger partial charge in [-0.05, 0) is 12.8 Å². The number of primary sulfonamides is 1. The van der Waals surface area contributed by atoms with Crippen molar-refractivity contribution >= 4 is 15.9 Å². The highest BCUT2D eigenvalue weighted by atomic mass is 32.2. The van der Waals surface area contributed by atoms with Crippen molar-refractivity contribution in [2.45, 2.75) is 30.1 Å². The molecule has 19 heavy (non-hydrogen) atoms. The molecule has 0 atom stereocenters. The van der Waals surface area contributed by atoms with Crippen molar-refractivity contribution in [2.75, 3.05) is 6.54 Å². The molecule has 0 radical (unpaired) electrons. The van der Waals surface area contributed by atoms with Gasteiger partial charge in [-0.15, -0.1) is 0 Å². The number of aromatic amines is 1. The molecule has 1 aliphatic carbocycles. The molecule has 1 heterocycles. The van der Waals surface area contributed by atoms with Crippen molar-refractivity contribution in [3.63, 3.8) is 0 Å². The standard InChI is InChI=1S/C9H12F2N4O3S/c10-5(11)3-13-9(16)7-8(19(12,17)18)6(14-15-7)4-1-2-4/h4-5H,1-3H2,(H,13,16)(H,14,15)(H2,12,17,18). The van der Waals surface area contributed by atoms with Gasteiger partial charge in [0.1, 0.15) is 4.90 Å². The summed E-state index contributed by atoms with van der Waals surface area (Å²) >= 11 is 0. The minimum absolute atomic E-state index is 0.0301.